The van der Waals surface area contributed by atoms with Crippen molar-refractivity contribution in [3.05, 3.63) is 88.5 Å². The molecule has 10 heteroatoms. The van der Waals surface area contributed by atoms with Crippen molar-refractivity contribution in [3.8, 4) is 16.6 Å². The highest BCUT2D eigenvalue weighted by Gasteiger charge is 2.44. The number of aliphatic hydroxyl groups is 1. The molecule has 0 saturated heterocycles. The van der Waals surface area contributed by atoms with Crippen LogP contribution in [-0.2, 0) is 25.1 Å². The van der Waals surface area contributed by atoms with Gasteiger partial charge in [-0.15, -0.1) is 11.3 Å². The van der Waals surface area contributed by atoms with Crippen LogP contribution in [-0.4, -0.2) is 37.7 Å². The molecule has 3 heterocycles. The molecule has 178 valence electrons. The summed E-state index contributed by atoms with van der Waals surface area (Å²) in [5.41, 5.74) is 0.825. The van der Waals surface area contributed by atoms with Gasteiger partial charge in [0.15, 0.2) is 0 Å². The smallest absolute Gasteiger partial charge is 0.306 e. The lowest BCUT2D eigenvalue weighted by molar-refractivity contribution is -0.765. The summed E-state index contributed by atoms with van der Waals surface area (Å²) in [7, 11) is 0. The molecule has 35 heavy (non-hydrogen) atoms. The molecule has 0 bridgehead atoms. The van der Waals surface area contributed by atoms with Gasteiger partial charge in [0.25, 0.3) is 0 Å². The Morgan fingerprint density at radius 3 is 2.91 bits per heavy atom. The van der Waals surface area contributed by atoms with Gasteiger partial charge in [0.2, 0.25) is 6.33 Å². The van der Waals surface area contributed by atoms with Crippen molar-refractivity contribution in [2.75, 3.05) is 6.54 Å². The van der Waals surface area contributed by atoms with Crippen LogP contribution in [0.25, 0.3) is 10.6 Å². The van der Waals surface area contributed by atoms with Gasteiger partial charge in [-0.1, -0.05) is 18.2 Å². The quantitative estimate of drug-likeness (QED) is 0.402. The first-order valence-corrected chi connectivity index (χ1v) is 12.0. The monoisotopic (exact) mass is 493 g/mol. The minimum atomic E-state index is -1.67. The highest BCUT2D eigenvalue weighted by atomic mass is 32.1. The van der Waals surface area contributed by atoms with Crippen LogP contribution in [0.1, 0.15) is 28.6 Å². The highest BCUT2D eigenvalue weighted by molar-refractivity contribution is 7.15. The van der Waals surface area contributed by atoms with E-state index in [1.807, 2.05) is 25.1 Å². The number of nitriles is 1. The Balaban J connectivity index is 1.46. The number of rotatable bonds is 6. The van der Waals surface area contributed by atoms with E-state index in [-0.39, 0.29) is 12.1 Å². The molecule has 0 radical (unpaired) electrons. The van der Waals surface area contributed by atoms with E-state index in [0.29, 0.717) is 25.1 Å². The zero-order valence-electron chi connectivity index (χ0n) is 18.9. The van der Waals surface area contributed by atoms with Gasteiger partial charge >= 0.3 is 6.33 Å². The lowest BCUT2D eigenvalue weighted by atomic mass is 9.85. The molecule has 7 nitrogen and oxygen atoms in total. The van der Waals surface area contributed by atoms with Gasteiger partial charge in [0, 0.05) is 47.6 Å². The standard InChI is InChI=1S/C25H22F2N6OS/c1-16(25(34,13-33-15-29-14-30-33)20-6-5-19(26)10-21(20)27)32-8-7-22-23(12-32)35-24(31-22)18-4-2-3-17(9-18)11-28/h2-6,9-10,14-16,34H,7-8,12-13H2,1H3/p+1/t16-,25-/m1/s1. The number of aromatic amines is 1. The maximum atomic E-state index is 14.9. The highest BCUT2D eigenvalue weighted by Crippen LogP contribution is 2.37. The molecule has 1 aliphatic rings. The summed E-state index contributed by atoms with van der Waals surface area (Å²) >= 11 is 1.56. The van der Waals surface area contributed by atoms with E-state index in [0.717, 1.165) is 33.3 Å². The maximum Gasteiger partial charge on any atom is 0.306 e. The topological polar surface area (TPSA) is 92.7 Å². The Labute approximate surface area is 204 Å². The fourth-order valence-corrected chi connectivity index (χ4v) is 5.71. The lowest BCUT2D eigenvalue weighted by Crippen LogP contribution is -2.58. The zero-order chi connectivity index (χ0) is 24.6. The number of hydrogen-bond acceptors (Lipinski definition) is 6. The fraction of sp³-hybridized carbons (Fsp3) is 0.280. The Bertz CT molecular complexity index is 1400. The summed E-state index contributed by atoms with van der Waals surface area (Å²) in [6, 6.07) is 12.3. The molecule has 0 aliphatic carbocycles. The van der Waals surface area contributed by atoms with Crippen LogP contribution < -0.4 is 4.68 Å². The van der Waals surface area contributed by atoms with Crippen LogP contribution in [0.5, 0.6) is 0 Å². The summed E-state index contributed by atoms with van der Waals surface area (Å²) in [5, 5.41) is 24.9. The third kappa shape index (κ3) is 4.46. The lowest BCUT2D eigenvalue weighted by Gasteiger charge is -2.41. The van der Waals surface area contributed by atoms with Crippen LogP contribution in [0.15, 0.2) is 55.1 Å². The third-order valence-electron chi connectivity index (χ3n) is 6.55. The number of hydrogen-bond donors (Lipinski definition) is 2. The number of benzene rings is 2. The molecular weight excluding hydrogens is 470 g/mol. The molecule has 4 aromatic rings. The van der Waals surface area contributed by atoms with Crippen LogP contribution in [0, 0.1) is 23.0 Å². The number of fused-ring (bicyclic) bond motifs is 1. The first-order valence-electron chi connectivity index (χ1n) is 11.2. The van der Waals surface area contributed by atoms with Gasteiger partial charge in [-0.3, -0.25) is 4.90 Å². The van der Waals surface area contributed by atoms with Crippen molar-refractivity contribution in [3.63, 3.8) is 0 Å². The molecule has 5 rings (SSSR count). The SMILES string of the molecule is C[C@@H](N1CCc2nc(-c3cccc(C#N)c3)sc2C1)[C@](O)(C[n+]1cnc[nH]1)c1ccc(F)cc1F. The van der Waals surface area contributed by atoms with Crippen molar-refractivity contribution in [1.29, 1.82) is 5.26 Å². The average molecular weight is 494 g/mol. The second-order valence-electron chi connectivity index (χ2n) is 8.68. The first-order chi connectivity index (χ1) is 16.9. The van der Waals surface area contributed by atoms with E-state index in [2.05, 4.69) is 21.1 Å². The summed E-state index contributed by atoms with van der Waals surface area (Å²) < 4.78 is 30.1. The number of nitrogens with zero attached hydrogens (tertiary/aromatic N) is 5. The minimum absolute atomic E-state index is 0.00890. The van der Waals surface area contributed by atoms with Crippen molar-refractivity contribution in [1.82, 2.24) is 20.0 Å². The Morgan fingerprint density at radius 2 is 2.17 bits per heavy atom. The van der Waals surface area contributed by atoms with Gasteiger partial charge in [-0.25, -0.2) is 13.8 Å². The molecule has 0 spiro atoms. The Hall–Kier alpha value is -3.52. The van der Waals surface area contributed by atoms with E-state index in [9.17, 15) is 19.1 Å². The molecule has 0 fully saturated rings. The second-order valence-corrected chi connectivity index (χ2v) is 9.76. The van der Waals surface area contributed by atoms with Gasteiger partial charge in [-0.05, 0) is 30.1 Å². The molecule has 2 N–H and O–H groups in total. The van der Waals surface area contributed by atoms with Crippen LogP contribution in [0.3, 0.4) is 0 Å². The minimum Gasteiger partial charge on any atom is -0.379 e. The summed E-state index contributed by atoms with van der Waals surface area (Å²) in [6.45, 7) is 3.01. The van der Waals surface area contributed by atoms with Crippen LogP contribution in [0.2, 0.25) is 0 Å². The predicted octanol–water partition coefficient (Wildman–Crippen LogP) is 3.31. The predicted molar refractivity (Wildman–Crippen MR) is 125 cm³/mol. The van der Waals surface area contributed by atoms with Crippen LogP contribution >= 0.6 is 11.3 Å². The molecule has 0 amide bonds. The van der Waals surface area contributed by atoms with E-state index < -0.39 is 23.3 Å². The van der Waals surface area contributed by atoms with Crippen molar-refractivity contribution in [2.45, 2.75) is 38.1 Å². The summed E-state index contributed by atoms with van der Waals surface area (Å²) in [6.07, 6.45) is 3.66. The van der Waals surface area contributed by atoms with Crippen molar-refractivity contribution >= 4 is 11.3 Å². The van der Waals surface area contributed by atoms with Gasteiger partial charge in [-0.2, -0.15) is 15.0 Å². The molecule has 2 atom stereocenters. The number of H-pyrrole nitrogens is 1. The zero-order valence-corrected chi connectivity index (χ0v) is 19.8. The largest absolute Gasteiger partial charge is 0.379 e. The van der Waals surface area contributed by atoms with Crippen molar-refractivity contribution in [2.24, 2.45) is 0 Å². The molecule has 0 unspecified atom stereocenters. The molecule has 2 aromatic carbocycles. The molecular formula is C25H23F2N6OS+. The van der Waals surface area contributed by atoms with Gasteiger partial charge in [0.1, 0.15) is 28.8 Å². The van der Waals surface area contributed by atoms with Crippen LogP contribution in [0.4, 0.5) is 8.78 Å². The number of aromatic nitrogens is 4. The number of halogens is 2. The maximum absolute atomic E-state index is 14.9. The normalized spacial score (nSPS) is 16.3. The molecule has 1 aliphatic heterocycles. The van der Waals surface area contributed by atoms with E-state index in [1.54, 1.807) is 22.1 Å². The average Bonchev–Trinajstić information content (AvgIpc) is 3.52. The molecule has 0 saturated carbocycles. The summed E-state index contributed by atoms with van der Waals surface area (Å²) in [4.78, 5) is 11.9. The van der Waals surface area contributed by atoms with Gasteiger partial charge in [0.05, 0.1) is 17.3 Å². The third-order valence-corrected chi connectivity index (χ3v) is 7.68. The van der Waals surface area contributed by atoms with E-state index >= 15 is 0 Å². The summed E-state index contributed by atoms with van der Waals surface area (Å²) in [5.74, 6) is -1.50. The van der Waals surface area contributed by atoms with E-state index in [4.69, 9.17) is 4.98 Å². The Kier molecular flexibility index (Phi) is 6.15. The molecule has 2 aromatic heterocycles. The fourth-order valence-electron chi connectivity index (χ4n) is 4.58. The van der Waals surface area contributed by atoms with E-state index in [1.165, 1.54) is 18.7 Å². The second kappa shape index (κ2) is 9.26. The van der Waals surface area contributed by atoms with Crippen molar-refractivity contribution < 1.29 is 18.6 Å². The van der Waals surface area contributed by atoms with Gasteiger partial charge < -0.3 is 5.11 Å². The number of nitrogens with one attached hydrogen (secondary N) is 1. The Morgan fingerprint density at radius 1 is 1.31 bits per heavy atom. The number of thiazole rings is 1. The first kappa shape index (κ1) is 23.2.